The molecule has 1 aromatic rings. The van der Waals surface area contributed by atoms with Gasteiger partial charge in [-0.3, -0.25) is 0 Å². The summed E-state index contributed by atoms with van der Waals surface area (Å²) in [6.45, 7) is 0.288. The van der Waals surface area contributed by atoms with Gasteiger partial charge in [0.05, 0.1) is 18.6 Å². The summed E-state index contributed by atoms with van der Waals surface area (Å²) in [5.74, 6) is 0. The SMILES string of the molecule is N#CCNc1cccc(CC#N)c1. The Morgan fingerprint density at radius 3 is 2.77 bits per heavy atom. The zero-order valence-electron chi connectivity index (χ0n) is 7.12. The van der Waals surface area contributed by atoms with E-state index in [1.807, 2.05) is 30.3 Å². The van der Waals surface area contributed by atoms with Gasteiger partial charge in [-0.15, -0.1) is 0 Å². The van der Waals surface area contributed by atoms with E-state index in [1.165, 1.54) is 0 Å². The topological polar surface area (TPSA) is 59.6 Å². The van der Waals surface area contributed by atoms with Crippen LogP contribution >= 0.6 is 0 Å². The normalized spacial score (nSPS) is 8.46. The first-order chi connectivity index (χ1) is 6.36. The highest BCUT2D eigenvalue weighted by Gasteiger charge is 1.93. The number of nitriles is 2. The molecule has 0 aliphatic carbocycles. The maximum Gasteiger partial charge on any atom is 0.103 e. The van der Waals surface area contributed by atoms with E-state index in [1.54, 1.807) is 0 Å². The van der Waals surface area contributed by atoms with Crippen molar-refractivity contribution < 1.29 is 0 Å². The van der Waals surface area contributed by atoms with Gasteiger partial charge in [0, 0.05) is 5.69 Å². The van der Waals surface area contributed by atoms with E-state index in [4.69, 9.17) is 10.5 Å². The first-order valence-corrected chi connectivity index (χ1v) is 3.93. The number of nitrogens with one attached hydrogen (secondary N) is 1. The fraction of sp³-hybridized carbons (Fsp3) is 0.200. The molecule has 1 N–H and O–H groups in total. The molecule has 1 aromatic carbocycles. The average Bonchev–Trinajstić information content (AvgIpc) is 2.16. The largest absolute Gasteiger partial charge is 0.372 e. The molecule has 0 unspecified atom stereocenters. The summed E-state index contributed by atoms with van der Waals surface area (Å²) in [5.41, 5.74) is 1.85. The second kappa shape index (κ2) is 4.79. The monoisotopic (exact) mass is 171 g/mol. The van der Waals surface area contributed by atoms with Crippen molar-refractivity contribution in [2.75, 3.05) is 11.9 Å². The summed E-state index contributed by atoms with van der Waals surface area (Å²) in [7, 11) is 0. The van der Waals surface area contributed by atoms with Crippen LogP contribution in [0.3, 0.4) is 0 Å². The van der Waals surface area contributed by atoms with E-state index in [-0.39, 0.29) is 6.54 Å². The van der Waals surface area contributed by atoms with Crippen LogP contribution in [0.25, 0.3) is 0 Å². The fourth-order valence-electron chi connectivity index (χ4n) is 1.02. The summed E-state index contributed by atoms with van der Waals surface area (Å²) in [5, 5.41) is 19.7. The van der Waals surface area contributed by atoms with Crippen molar-refractivity contribution in [3.63, 3.8) is 0 Å². The number of anilines is 1. The Labute approximate surface area is 77.2 Å². The minimum Gasteiger partial charge on any atom is -0.372 e. The molecule has 3 heteroatoms. The highest BCUT2D eigenvalue weighted by atomic mass is 14.9. The van der Waals surface area contributed by atoms with Gasteiger partial charge in [0.25, 0.3) is 0 Å². The zero-order chi connectivity index (χ0) is 9.52. The Hall–Kier alpha value is -2.00. The molecule has 0 spiro atoms. The lowest BCUT2D eigenvalue weighted by atomic mass is 10.1. The quantitative estimate of drug-likeness (QED) is 0.704. The Bertz CT molecular complexity index is 357. The molecular weight excluding hydrogens is 162 g/mol. The second-order valence-electron chi connectivity index (χ2n) is 2.55. The van der Waals surface area contributed by atoms with Gasteiger partial charge in [-0.2, -0.15) is 10.5 Å². The second-order valence-corrected chi connectivity index (χ2v) is 2.55. The van der Waals surface area contributed by atoms with E-state index in [0.717, 1.165) is 11.3 Å². The molecule has 13 heavy (non-hydrogen) atoms. The Kier molecular flexibility index (Phi) is 3.35. The lowest BCUT2D eigenvalue weighted by Gasteiger charge is -2.02. The standard InChI is InChI=1S/C10H9N3/c11-5-4-9-2-1-3-10(8-9)13-7-6-12/h1-3,8,13H,4,7H2. The Morgan fingerprint density at radius 2 is 2.08 bits per heavy atom. The maximum absolute atomic E-state index is 8.46. The molecule has 0 atom stereocenters. The van der Waals surface area contributed by atoms with Crippen LogP contribution in [0.2, 0.25) is 0 Å². The Morgan fingerprint density at radius 1 is 1.23 bits per heavy atom. The summed E-state index contributed by atoms with van der Waals surface area (Å²) in [6.07, 6.45) is 0.405. The number of nitrogens with zero attached hydrogens (tertiary/aromatic N) is 2. The highest BCUT2D eigenvalue weighted by Crippen LogP contribution is 2.10. The molecule has 0 amide bonds. The van der Waals surface area contributed by atoms with Crippen LogP contribution in [0.4, 0.5) is 5.69 Å². The third-order valence-electron chi connectivity index (χ3n) is 1.58. The summed E-state index contributed by atoms with van der Waals surface area (Å²) in [4.78, 5) is 0. The molecule has 0 aliphatic heterocycles. The summed E-state index contributed by atoms with van der Waals surface area (Å²) < 4.78 is 0. The smallest absolute Gasteiger partial charge is 0.103 e. The molecule has 0 aliphatic rings. The average molecular weight is 171 g/mol. The molecule has 3 nitrogen and oxygen atoms in total. The van der Waals surface area contributed by atoms with Gasteiger partial charge in [-0.05, 0) is 17.7 Å². The number of rotatable bonds is 3. The number of hydrogen-bond donors (Lipinski definition) is 1. The van der Waals surface area contributed by atoms with Crippen LogP contribution in [0.5, 0.6) is 0 Å². The van der Waals surface area contributed by atoms with E-state index in [9.17, 15) is 0 Å². The molecule has 0 heterocycles. The predicted octanol–water partition coefficient (Wildman–Crippen LogP) is 1.69. The molecule has 0 radical (unpaired) electrons. The van der Waals surface area contributed by atoms with E-state index < -0.39 is 0 Å². The number of benzene rings is 1. The molecule has 0 saturated carbocycles. The molecule has 64 valence electrons. The van der Waals surface area contributed by atoms with Gasteiger partial charge in [0.2, 0.25) is 0 Å². The predicted molar refractivity (Wildman–Crippen MR) is 49.9 cm³/mol. The van der Waals surface area contributed by atoms with Crippen molar-refractivity contribution in [3.8, 4) is 12.1 Å². The van der Waals surface area contributed by atoms with E-state index >= 15 is 0 Å². The maximum atomic E-state index is 8.46. The van der Waals surface area contributed by atoms with Crippen LogP contribution in [0, 0.1) is 22.7 Å². The van der Waals surface area contributed by atoms with Gasteiger partial charge in [-0.1, -0.05) is 12.1 Å². The summed E-state index contributed by atoms with van der Waals surface area (Å²) in [6, 6.07) is 11.6. The third-order valence-corrected chi connectivity index (χ3v) is 1.58. The van der Waals surface area contributed by atoms with Gasteiger partial charge < -0.3 is 5.32 Å². The van der Waals surface area contributed by atoms with Crippen LogP contribution in [0.1, 0.15) is 5.56 Å². The molecule has 0 bridgehead atoms. The van der Waals surface area contributed by atoms with Gasteiger partial charge >= 0.3 is 0 Å². The van der Waals surface area contributed by atoms with Crippen LogP contribution in [-0.4, -0.2) is 6.54 Å². The van der Waals surface area contributed by atoms with Crippen molar-refractivity contribution in [1.29, 1.82) is 10.5 Å². The van der Waals surface area contributed by atoms with Gasteiger partial charge in [0.15, 0.2) is 0 Å². The Balaban J connectivity index is 2.70. The minimum atomic E-state index is 0.288. The van der Waals surface area contributed by atoms with Crippen LogP contribution in [-0.2, 0) is 6.42 Å². The zero-order valence-corrected chi connectivity index (χ0v) is 7.12. The van der Waals surface area contributed by atoms with Crippen molar-refractivity contribution in [2.24, 2.45) is 0 Å². The van der Waals surface area contributed by atoms with Crippen LogP contribution in [0.15, 0.2) is 24.3 Å². The molecule has 0 aromatic heterocycles. The van der Waals surface area contributed by atoms with E-state index in [0.29, 0.717) is 6.42 Å². The van der Waals surface area contributed by atoms with Crippen molar-refractivity contribution in [2.45, 2.75) is 6.42 Å². The van der Waals surface area contributed by atoms with Crippen molar-refractivity contribution in [3.05, 3.63) is 29.8 Å². The third kappa shape index (κ3) is 2.84. The molecular formula is C10H9N3. The minimum absolute atomic E-state index is 0.288. The van der Waals surface area contributed by atoms with Crippen LogP contribution < -0.4 is 5.32 Å². The van der Waals surface area contributed by atoms with Crippen molar-refractivity contribution in [1.82, 2.24) is 0 Å². The molecule has 0 fully saturated rings. The summed E-state index contributed by atoms with van der Waals surface area (Å²) >= 11 is 0. The molecule has 0 saturated heterocycles. The first kappa shape index (κ1) is 9.09. The van der Waals surface area contributed by atoms with Gasteiger partial charge in [0.1, 0.15) is 6.54 Å². The lowest BCUT2D eigenvalue weighted by molar-refractivity contribution is 1.25. The molecule has 1 rings (SSSR count). The van der Waals surface area contributed by atoms with Crippen molar-refractivity contribution >= 4 is 5.69 Å². The van der Waals surface area contributed by atoms with Gasteiger partial charge in [-0.25, -0.2) is 0 Å². The number of hydrogen-bond acceptors (Lipinski definition) is 3. The first-order valence-electron chi connectivity index (χ1n) is 3.93. The highest BCUT2D eigenvalue weighted by molar-refractivity contribution is 5.46. The fourth-order valence-corrected chi connectivity index (χ4v) is 1.02. The van der Waals surface area contributed by atoms with E-state index in [2.05, 4.69) is 11.4 Å². The lowest BCUT2D eigenvalue weighted by Crippen LogP contribution is -1.98.